The molecule has 0 aliphatic carbocycles. The molecule has 0 radical (unpaired) electrons. The minimum Gasteiger partial charge on any atom is -0.333 e. The van der Waals surface area contributed by atoms with Crippen molar-refractivity contribution in [3.63, 3.8) is 0 Å². The van der Waals surface area contributed by atoms with E-state index in [-0.39, 0.29) is 30.9 Å². The van der Waals surface area contributed by atoms with E-state index in [4.69, 9.17) is 11.6 Å². The zero-order valence-electron chi connectivity index (χ0n) is 16.0. The van der Waals surface area contributed by atoms with Gasteiger partial charge in [0, 0.05) is 23.3 Å². The number of hydrogen-bond acceptors (Lipinski definition) is 3. The van der Waals surface area contributed by atoms with E-state index in [1.165, 1.54) is 4.90 Å². The molecule has 0 saturated heterocycles. The topological polar surface area (TPSA) is 61.4 Å². The highest BCUT2D eigenvalue weighted by atomic mass is 35.5. The number of benzene rings is 2. The molecule has 2 amide bonds. The molecule has 27 heavy (non-hydrogen) atoms. The maximum Gasteiger partial charge on any atom is 0.244 e. The first-order chi connectivity index (χ1) is 12.9. The highest BCUT2D eigenvalue weighted by molar-refractivity contribution is 6.31. The van der Waals surface area contributed by atoms with Gasteiger partial charge in [0.05, 0.1) is 13.1 Å². The number of carbonyl (C=O) groups excluding carboxylic acids is 2. The number of likely N-dealkylation sites (N-methyl/N-ethyl adjacent to an activating group) is 1. The van der Waals surface area contributed by atoms with Gasteiger partial charge >= 0.3 is 0 Å². The summed E-state index contributed by atoms with van der Waals surface area (Å²) in [5, 5.41) is 6.59. The van der Waals surface area contributed by atoms with Gasteiger partial charge in [-0.3, -0.25) is 9.59 Å². The molecule has 2 aromatic carbocycles. The van der Waals surface area contributed by atoms with Crippen LogP contribution in [-0.2, 0) is 9.59 Å². The average Bonchev–Trinajstić information content (AvgIpc) is 2.67. The SMILES string of the molecule is CCN(CC(=O)Nc1cc(Cl)ccc1C)C(=O)CN[C@H](C)c1ccccc1. The smallest absolute Gasteiger partial charge is 0.244 e. The molecule has 0 spiro atoms. The zero-order valence-corrected chi connectivity index (χ0v) is 16.7. The van der Waals surface area contributed by atoms with Crippen LogP contribution in [0.3, 0.4) is 0 Å². The second-order valence-corrected chi connectivity index (χ2v) is 6.87. The van der Waals surface area contributed by atoms with Crippen LogP contribution in [0, 0.1) is 6.92 Å². The van der Waals surface area contributed by atoms with Crippen molar-refractivity contribution >= 4 is 29.1 Å². The van der Waals surface area contributed by atoms with Crippen molar-refractivity contribution in [3.8, 4) is 0 Å². The third-order valence-corrected chi connectivity index (χ3v) is 4.64. The largest absolute Gasteiger partial charge is 0.333 e. The minimum absolute atomic E-state index is 0.00266. The summed E-state index contributed by atoms with van der Waals surface area (Å²) in [4.78, 5) is 26.3. The summed E-state index contributed by atoms with van der Waals surface area (Å²) in [7, 11) is 0. The van der Waals surface area contributed by atoms with Crippen LogP contribution >= 0.6 is 11.6 Å². The fourth-order valence-electron chi connectivity index (χ4n) is 2.68. The van der Waals surface area contributed by atoms with Crippen LogP contribution < -0.4 is 10.6 Å². The van der Waals surface area contributed by atoms with Gasteiger partial charge in [0.15, 0.2) is 0 Å². The summed E-state index contributed by atoms with van der Waals surface area (Å²) in [5.41, 5.74) is 2.69. The maximum absolute atomic E-state index is 12.5. The zero-order chi connectivity index (χ0) is 19.8. The van der Waals surface area contributed by atoms with Gasteiger partial charge < -0.3 is 15.5 Å². The highest BCUT2D eigenvalue weighted by Crippen LogP contribution is 2.20. The molecule has 0 fully saturated rings. The molecule has 0 aliphatic rings. The lowest BCUT2D eigenvalue weighted by Crippen LogP contribution is -2.42. The second kappa shape index (κ2) is 10.1. The molecular weight excluding hydrogens is 362 g/mol. The van der Waals surface area contributed by atoms with Gasteiger partial charge in [0.25, 0.3) is 0 Å². The lowest BCUT2D eigenvalue weighted by atomic mass is 10.1. The minimum atomic E-state index is -0.244. The molecule has 2 N–H and O–H groups in total. The quantitative estimate of drug-likeness (QED) is 0.724. The lowest BCUT2D eigenvalue weighted by Gasteiger charge is -2.22. The number of rotatable bonds is 8. The summed E-state index contributed by atoms with van der Waals surface area (Å²) in [6.07, 6.45) is 0. The van der Waals surface area contributed by atoms with Crippen molar-refractivity contribution in [3.05, 3.63) is 64.7 Å². The van der Waals surface area contributed by atoms with Gasteiger partial charge in [0.1, 0.15) is 0 Å². The van der Waals surface area contributed by atoms with E-state index in [9.17, 15) is 9.59 Å². The van der Waals surface area contributed by atoms with Crippen LogP contribution in [0.4, 0.5) is 5.69 Å². The van der Waals surface area contributed by atoms with Gasteiger partial charge in [-0.15, -0.1) is 0 Å². The van der Waals surface area contributed by atoms with Crippen molar-refractivity contribution in [1.82, 2.24) is 10.2 Å². The van der Waals surface area contributed by atoms with Gasteiger partial charge in [0.2, 0.25) is 11.8 Å². The van der Waals surface area contributed by atoms with E-state index in [0.29, 0.717) is 17.3 Å². The average molecular weight is 388 g/mol. The van der Waals surface area contributed by atoms with Gasteiger partial charge in [-0.1, -0.05) is 48.0 Å². The Bertz CT molecular complexity index is 780. The second-order valence-electron chi connectivity index (χ2n) is 6.43. The van der Waals surface area contributed by atoms with E-state index in [1.54, 1.807) is 12.1 Å². The number of anilines is 1. The Morgan fingerprint density at radius 3 is 2.52 bits per heavy atom. The van der Waals surface area contributed by atoms with Crippen LogP contribution in [-0.4, -0.2) is 36.3 Å². The Morgan fingerprint density at radius 2 is 1.85 bits per heavy atom. The third kappa shape index (κ3) is 6.38. The van der Waals surface area contributed by atoms with Crippen molar-refractivity contribution in [2.45, 2.75) is 26.8 Å². The summed E-state index contributed by atoms with van der Waals surface area (Å²) in [5.74, 6) is -0.357. The van der Waals surface area contributed by atoms with E-state index >= 15 is 0 Å². The number of hydrogen-bond donors (Lipinski definition) is 2. The fourth-order valence-corrected chi connectivity index (χ4v) is 2.85. The Morgan fingerprint density at radius 1 is 1.15 bits per heavy atom. The van der Waals surface area contributed by atoms with Crippen LogP contribution in [0.15, 0.2) is 48.5 Å². The molecule has 0 aliphatic heterocycles. The van der Waals surface area contributed by atoms with Crippen molar-refractivity contribution in [2.75, 3.05) is 25.0 Å². The van der Waals surface area contributed by atoms with Crippen LogP contribution in [0.25, 0.3) is 0 Å². The number of nitrogens with zero attached hydrogens (tertiary/aromatic N) is 1. The molecule has 0 saturated carbocycles. The van der Waals surface area contributed by atoms with Gasteiger partial charge in [-0.25, -0.2) is 0 Å². The first-order valence-corrected chi connectivity index (χ1v) is 9.40. The molecule has 144 valence electrons. The fraction of sp³-hybridized carbons (Fsp3) is 0.333. The molecule has 0 aromatic heterocycles. The monoisotopic (exact) mass is 387 g/mol. The van der Waals surface area contributed by atoms with Crippen LogP contribution in [0.2, 0.25) is 5.02 Å². The van der Waals surface area contributed by atoms with Crippen LogP contribution in [0.1, 0.15) is 31.0 Å². The van der Waals surface area contributed by atoms with Crippen molar-refractivity contribution in [2.24, 2.45) is 0 Å². The molecule has 1 atom stereocenters. The molecule has 5 nitrogen and oxygen atoms in total. The van der Waals surface area contributed by atoms with Gasteiger partial charge in [-0.05, 0) is 44.0 Å². The first kappa shape index (κ1) is 20.9. The maximum atomic E-state index is 12.5. The van der Waals surface area contributed by atoms with E-state index in [0.717, 1.165) is 11.1 Å². The number of amides is 2. The molecule has 2 rings (SSSR count). The van der Waals surface area contributed by atoms with Gasteiger partial charge in [-0.2, -0.15) is 0 Å². The Kier molecular flexibility index (Phi) is 7.82. The number of nitrogens with one attached hydrogen (secondary N) is 2. The predicted octanol–water partition coefficient (Wildman–Crippen LogP) is 3.79. The van der Waals surface area contributed by atoms with Crippen molar-refractivity contribution in [1.29, 1.82) is 0 Å². The number of carbonyl (C=O) groups is 2. The Labute approximate surface area is 165 Å². The molecule has 2 aromatic rings. The summed E-state index contributed by atoms with van der Waals surface area (Å²) < 4.78 is 0. The number of halogens is 1. The first-order valence-electron chi connectivity index (χ1n) is 9.02. The summed E-state index contributed by atoms with van der Waals surface area (Å²) in [6.45, 7) is 6.39. The lowest BCUT2D eigenvalue weighted by molar-refractivity contribution is -0.133. The van der Waals surface area contributed by atoms with Crippen LogP contribution in [0.5, 0.6) is 0 Å². The third-order valence-electron chi connectivity index (χ3n) is 4.40. The summed E-state index contributed by atoms with van der Waals surface area (Å²) in [6, 6.07) is 15.3. The van der Waals surface area contributed by atoms with E-state index < -0.39 is 0 Å². The molecule has 0 bridgehead atoms. The van der Waals surface area contributed by atoms with Crippen molar-refractivity contribution < 1.29 is 9.59 Å². The normalized spacial score (nSPS) is 11.7. The van der Waals surface area contributed by atoms with E-state index in [2.05, 4.69) is 10.6 Å². The number of aryl methyl sites for hydroxylation is 1. The Hall–Kier alpha value is -2.37. The standard InChI is InChI=1S/C21H26ClN3O2/c1-4-25(14-20(26)24-19-12-18(22)11-10-15(19)2)21(27)13-23-16(3)17-8-6-5-7-9-17/h5-12,16,23H,4,13-14H2,1-3H3,(H,24,26)/t16-/m1/s1. The molecule has 6 heteroatoms. The Balaban J connectivity index is 1.88. The summed E-state index contributed by atoms with van der Waals surface area (Å²) >= 11 is 5.98. The highest BCUT2D eigenvalue weighted by Gasteiger charge is 2.17. The predicted molar refractivity (Wildman–Crippen MR) is 110 cm³/mol. The molecule has 0 heterocycles. The van der Waals surface area contributed by atoms with E-state index in [1.807, 2.05) is 57.2 Å². The molecular formula is C21H26ClN3O2. The molecule has 0 unspecified atom stereocenters.